The number of primary sulfonamides is 1. The van der Waals surface area contributed by atoms with E-state index in [-0.39, 0.29) is 27.3 Å². The molecule has 1 aromatic heterocycles. The van der Waals surface area contributed by atoms with Gasteiger partial charge in [0.2, 0.25) is 16.0 Å². The summed E-state index contributed by atoms with van der Waals surface area (Å²) in [6.07, 6.45) is 0. The number of nitriles is 1. The molecule has 0 saturated carbocycles. The first-order chi connectivity index (χ1) is 12.3. The molecule has 2 N–H and O–H groups in total. The minimum absolute atomic E-state index is 0.0672. The summed E-state index contributed by atoms with van der Waals surface area (Å²) in [6, 6.07) is 13.8. The third-order valence-corrected chi connectivity index (χ3v) is 4.67. The van der Waals surface area contributed by atoms with Crippen molar-refractivity contribution in [1.29, 1.82) is 5.26 Å². The molecule has 2 aromatic carbocycles. The van der Waals surface area contributed by atoms with Gasteiger partial charge in [0.15, 0.2) is 0 Å². The van der Waals surface area contributed by atoms with Crippen molar-refractivity contribution in [2.75, 3.05) is 0 Å². The average Bonchev–Trinajstić information content (AvgIpc) is 2.61. The predicted octanol–water partition coefficient (Wildman–Crippen LogP) is 3.21. The molecule has 0 radical (unpaired) electrons. The molecule has 5 nitrogen and oxygen atoms in total. The average molecular weight is 371 g/mol. The Kier molecular flexibility index (Phi) is 4.50. The molecule has 0 unspecified atom stereocenters. The SMILES string of the molecule is N#Cc1cc(-c2ccccc2S(N)(=O)=O)c(-c2ccc(F)cc2)nc1F. The highest BCUT2D eigenvalue weighted by Crippen LogP contribution is 2.35. The monoisotopic (exact) mass is 371 g/mol. The van der Waals surface area contributed by atoms with E-state index in [4.69, 9.17) is 10.4 Å². The van der Waals surface area contributed by atoms with Gasteiger partial charge in [-0.25, -0.2) is 22.9 Å². The summed E-state index contributed by atoms with van der Waals surface area (Å²) in [7, 11) is -4.08. The number of benzene rings is 2. The molecule has 26 heavy (non-hydrogen) atoms. The van der Waals surface area contributed by atoms with Gasteiger partial charge in [0.05, 0.1) is 10.6 Å². The van der Waals surface area contributed by atoms with E-state index in [0.29, 0.717) is 5.56 Å². The van der Waals surface area contributed by atoms with Crippen LogP contribution in [0, 0.1) is 23.1 Å². The Labute approximate surface area is 148 Å². The summed E-state index contributed by atoms with van der Waals surface area (Å²) in [5.74, 6) is -1.50. The van der Waals surface area contributed by atoms with Crippen LogP contribution in [0.1, 0.15) is 5.56 Å². The van der Waals surface area contributed by atoms with Crippen LogP contribution in [0.3, 0.4) is 0 Å². The van der Waals surface area contributed by atoms with Gasteiger partial charge in [-0.3, -0.25) is 0 Å². The van der Waals surface area contributed by atoms with Crippen LogP contribution in [0.15, 0.2) is 59.5 Å². The normalized spacial score (nSPS) is 11.2. The van der Waals surface area contributed by atoms with Gasteiger partial charge in [0.1, 0.15) is 17.4 Å². The van der Waals surface area contributed by atoms with Crippen LogP contribution in [0.4, 0.5) is 8.78 Å². The van der Waals surface area contributed by atoms with Crippen LogP contribution in [-0.2, 0) is 10.0 Å². The van der Waals surface area contributed by atoms with Crippen LogP contribution in [0.2, 0.25) is 0 Å². The lowest BCUT2D eigenvalue weighted by Gasteiger charge is -2.13. The van der Waals surface area contributed by atoms with Crippen LogP contribution >= 0.6 is 0 Å². The zero-order chi connectivity index (χ0) is 18.9. The molecule has 8 heteroatoms. The Morgan fingerprint density at radius 2 is 1.65 bits per heavy atom. The highest BCUT2D eigenvalue weighted by atomic mass is 32.2. The van der Waals surface area contributed by atoms with Gasteiger partial charge in [-0.05, 0) is 36.4 Å². The number of pyridine rings is 1. The maximum Gasteiger partial charge on any atom is 0.238 e. The molecule has 0 bridgehead atoms. The van der Waals surface area contributed by atoms with E-state index in [1.54, 1.807) is 12.1 Å². The number of aromatic nitrogens is 1. The van der Waals surface area contributed by atoms with E-state index in [0.717, 1.165) is 0 Å². The van der Waals surface area contributed by atoms with E-state index in [1.165, 1.54) is 48.5 Å². The third-order valence-electron chi connectivity index (χ3n) is 3.70. The lowest BCUT2D eigenvalue weighted by atomic mass is 9.98. The molecule has 3 rings (SSSR count). The second-order valence-electron chi connectivity index (χ2n) is 5.38. The van der Waals surface area contributed by atoms with Gasteiger partial charge in [-0.15, -0.1) is 0 Å². The fraction of sp³-hybridized carbons (Fsp3) is 0. The fourth-order valence-corrected chi connectivity index (χ4v) is 3.29. The number of hydrogen-bond acceptors (Lipinski definition) is 4. The first-order valence-electron chi connectivity index (χ1n) is 7.30. The molecule has 0 amide bonds. The van der Waals surface area contributed by atoms with Gasteiger partial charge in [0, 0.05) is 16.7 Å². The largest absolute Gasteiger partial charge is 0.238 e. The Morgan fingerprint density at radius 3 is 2.27 bits per heavy atom. The van der Waals surface area contributed by atoms with Gasteiger partial charge >= 0.3 is 0 Å². The molecule has 0 aliphatic carbocycles. The summed E-state index contributed by atoms with van der Waals surface area (Å²) in [5.41, 5.74) is 0.430. The molecule has 0 aliphatic heterocycles. The zero-order valence-electron chi connectivity index (χ0n) is 13.1. The lowest BCUT2D eigenvalue weighted by Crippen LogP contribution is -2.13. The maximum absolute atomic E-state index is 14.1. The van der Waals surface area contributed by atoms with E-state index < -0.39 is 21.8 Å². The molecule has 0 atom stereocenters. The van der Waals surface area contributed by atoms with Crippen LogP contribution in [-0.4, -0.2) is 13.4 Å². The topological polar surface area (TPSA) is 96.8 Å². The molecule has 0 spiro atoms. The lowest BCUT2D eigenvalue weighted by molar-refractivity contribution is 0.581. The first-order valence-corrected chi connectivity index (χ1v) is 8.84. The second kappa shape index (κ2) is 6.63. The molecule has 3 aromatic rings. The Bertz CT molecular complexity index is 1140. The minimum Gasteiger partial charge on any atom is -0.225 e. The minimum atomic E-state index is -4.08. The van der Waals surface area contributed by atoms with Crippen molar-refractivity contribution >= 4 is 10.0 Å². The van der Waals surface area contributed by atoms with E-state index in [9.17, 15) is 17.2 Å². The Morgan fingerprint density at radius 1 is 1.00 bits per heavy atom. The summed E-state index contributed by atoms with van der Waals surface area (Å²) in [4.78, 5) is 3.60. The van der Waals surface area contributed by atoms with E-state index in [2.05, 4.69) is 4.98 Å². The highest BCUT2D eigenvalue weighted by Gasteiger charge is 2.21. The fourth-order valence-electron chi connectivity index (χ4n) is 2.54. The van der Waals surface area contributed by atoms with Crippen LogP contribution < -0.4 is 5.14 Å². The van der Waals surface area contributed by atoms with Crippen molar-refractivity contribution in [2.24, 2.45) is 5.14 Å². The first kappa shape index (κ1) is 17.7. The van der Waals surface area contributed by atoms with Crippen molar-refractivity contribution in [3.8, 4) is 28.5 Å². The molecular weight excluding hydrogens is 360 g/mol. The van der Waals surface area contributed by atoms with Crippen LogP contribution in [0.25, 0.3) is 22.4 Å². The molecule has 0 aliphatic rings. The van der Waals surface area contributed by atoms with Gasteiger partial charge in [-0.2, -0.15) is 9.65 Å². The van der Waals surface area contributed by atoms with Crippen molar-refractivity contribution in [3.63, 3.8) is 0 Å². The molecule has 0 saturated heterocycles. The number of hydrogen-bond donors (Lipinski definition) is 1. The summed E-state index contributed by atoms with van der Waals surface area (Å²) in [5, 5.41) is 14.4. The number of nitrogens with zero attached hydrogens (tertiary/aromatic N) is 2. The van der Waals surface area contributed by atoms with Crippen molar-refractivity contribution < 1.29 is 17.2 Å². The number of sulfonamides is 1. The quantitative estimate of drug-likeness (QED) is 0.715. The predicted molar refractivity (Wildman–Crippen MR) is 91.1 cm³/mol. The summed E-state index contributed by atoms with van der Waals surface area (Å²) >= 11 is 0. The standard InChI is InChI=1S/C18H11F2N3O2S/c19-13-7-5-11(6-8-13)17-15(9-12(10-21)18(20)23-17)14-3-1-2-4-16(14)26(22,24)25/h1-9H,(H2,22,24,25). The van der Waals surface area contributed by atoms with Gasteiger partial charge in [0.25, 0.3) is 0 Å². The number of halogens is 2. The smallest absolute Gasteiger partial charge is 0.225 e. The molecule has 1 heterocycles. The van der Waals surface area contributed by atoms with Gasteiger partial charge in [-0.1, -0.05) is 18.2 Å². The Balaban J connectivity index is 2.38. The molecular formula is C18H11F2N3O2S. The van der Waals surface area contributed by atoms with Crippen molar-refractivity contribution in [2.45, 2.75) is 4.90 Å². The second-order valence-corrected chi connectivity index (χ2v) is 6.91. The van der Waals surface area contributed by atoms with Crippen molar-refractivity contribution in [3.05, 3.63) is 71.9 Å². The molecule has 130 valence electrons. The zero-order valence-corrected chi connectivity index (χ0v) is 14.0. The number of nitrogens with two attached hydrogens (primary N) is 1. The summed E-state index contributed by atoms with van der Waals surface area (Å²) in [6.45, 7) is 0. The third kappa shape index (κ3) is 3.31. The maximum atomic E-state index is 14.1. The van der Waals surface area contributed by atoms with E-state index in [1.807, 2.05) is 0 Å². The Hall–Kier alpha value is -3.15. The summed E-state index contributed by atoms with van der Waals surface area (Å²) < 4.78 is 51.1. The number of rotatable bonds is 3. The van der Waals surface area contributed by atoms with Crippen LogP contribution in [0.5, 0.6) is 0 Å². The van der Waals surface area contributed by atoms with E-state index >= 15 is 0 Å². The highest BCUT2D eigenvalue weighted by molar-refractivity contribution is 7.89. The van der Waals surface area contributed by atoms with Gasteiger partial charge < -0.3 is 0 Å². The van der Waals surface area contributed by atoms with Crippen molar-refractivity contribution in [1.82, 2.24) is 4.98 Å². The molecule has 0 fully saturated rings.